The predicted octanol–water partition coefficient (Wildman–Crippen LogP) is 3.77. The molecular formula is C14H19Cl2NO3. The summed E-state index contributed by atoms with van der Waals surface area (Å²) in [6.07, 6.45) is 0.0341. The third kappa shape index (κ3) is 4.85. The Kier molecular flexibility index (Phi) is 5.68. The van der Waals surface area contributed by atoms with Gasteiger partial charge in [0, 0.05) is 29.2 Å². The first kappa shape index (κ1) is 17.1. The number of aromatic hydroxyl groups is 1. The molecule has 112 valence electrons. The summed E-state index contributed by atoms with van der Waals surface area (Å²) in [6.45, 7) is 6.71. The average molecular weight is 320 g/mol. The van der Waals surface area contributed by atoms with E-state index in [2.05, 4.69) is 0 Å². The lowest BCUT2D eigenvalue weighted by Crippen LogP contribution is -2.42. The maximum atomic E-state index is 10.7. The van der Waals surface area contributed by atoms with Crippen LogP contribution in [-0.4, -0.2) is 33.2 Å². The van der Waals surface area contributed by atoms with Crippen molar-refractivity contribution >= 4 is 29.2 Å². The average Bonchev–Trinajstić information content (AvgIpc) is 2.28. The second kappa shape index (κ2) is 6.66. The van der Waals surface area contributed by atoms with Crippen LogP contribution in [0.3, 0.4) is 0 Å². The minimum Gasteiger partial charge on any atom is -0.506 e. The van der Waals surface area contributed by atoms with Crippen LogP contribution in [0.5, 0.6) is 5.75 Å². The monoisotopic (exact) mass is 319 g/mol. The first-order chi connectivity index (χ1) is 9.11. The molecule has 0 aromatic heterocycles. The summed E-state index contributed by atoms with van der Waals surface area (Å²) >= 11 is 11.8. The topological polar surface area (TPSA) is 60.8 Å². The number of phenolic OH excluding ortho intramolecular Hbond substituents is 1. The van der Waals surface area contributed by atoms with Crippen LogP contribution in [0.15, 0.2) is 12.1 Å². The standard InChI is InChI=1S/C14H19Cl2NO3/c1-14(2,3)17(5-4-12(18)19)8-9-6-10(15)7-11(16)13(9)20/h6-7,20H,4-5,8H2,1-3H3,(H,18,19). The number of phenols is 1. The van der Waals surface area contributed by atoms with Crippen LogP contribution in [0, 0.1) is 0 Å². The van der Waals surface area contributed by atoms with Gasteiger partial charge in [-0.25, -0.2) is 0 Å². The number of nitrogens with zero attached hydrogens (tertiary/aromatic N) is 1. The van der Waals surface area contributed by atoms with Crippen molar-refractivity contribution in [2.75, 3.05) is 6.54 Å². The van der Waals surface area contributed by atoms with Gasteiger partial charge in [0.05, 0.1) is 11.4 Å². The van der Waals surface area contributed by atoms with Gasteiger partial charge in [-0.15, -0.1) is 0 Å². The van der Waals surface area contributed by atoms with Gasteiger partial charge in [-0.05, 0) is 32.9 Å². The summed E-state index contributed by atoms with van der Waals surface area (Å²) in [5, 5.41) is 19.4. The summed E-state index contributed by atoms with van der Waals surface area (Å²) in [4.78, 5) is 12.7. The fourth-order valence-electron chi connectivity index (χ4n) is 1.83. The van der Waals surface area contributed by atoms with E-state index in [1.165, 1.54) is 6.07 Å². The van der Waals surface area contributed by atoms with Crippen LogP contribution in [0.4, 0.5) is 0 Å². The van der Waals surface area contributed by atoms with E-state index in [4.69, 9.17) is 28.3 Å². The highest BCUT2D eigenvalue weighted by atomic mass is 35.5. The number of halogens is 2. The van der Waals surface area contributed by atoms with Crippen molar-refractivity contribution in [2.45, 2.75) is 39.3 Å². The number of carboxylic acids is 1. The number of aliphatic carboxylic acids is 1. The zero-order chi connectivity index (χ0) is 15.5. The van der Waals surface area contributed by atoms with Gasteiger partial charge in [0.2, 0.25) is 0 Å². The number of carboxylic acid groups (broad SMARTS) is 1. The Bertz CT molecular complexity index is 498. The molecule has 0 bridgehead atoms. The Morgan fingerprint density at radius 1 is 1.30 bits per heavy atom. The third-order valence-corrected chi connectivity index (χ3v) is 3.52. The summed E-state index contributed by atoms with van der Waals surface area (Å²) in [5.41, 5.74) is 0.347. The van der Waals surface area contributed by atoms with E-state index in [9.17, 15) is 9.90 Å². The maximum Gasteiger partial charge on any atom is 0.304 e. The number of hydrogen-bond acceptors (Lipinski definition) is 3. The van der Waals surface area contributed by atoms with E-state index in [0.717, 1.165) is 0 Å². The minimum atomic E-state index is -0.854. The molecule has 0 unspecified atom stereocenters. The highest BCUT2D eigenvalue weighted by molar-refractivity contribution is 6.35. The van der Waals surface area contributed by atoms with Crippen LogP contribution in [0.25, 0.3) is 0 Å². The smallest absolute Gasteiger partial charge is 0.304 e. The van der Waals surface area contributed by atoms with E-state index in [1.807, 2.05) is 25.7 Å². The van der Waals surface area contributed by atoms with Gasteiger partial charge >= 0.3 is 5.97 Å². The van der Waals surface area contributed by atoms with Crippen molar-refractivity contribution in [2.24, 2.45) is 0 Å². The van der Waals surface area contributed by atoms with Gasteiger partial charge in [-0.3, -0.25) is 9.69 Å². The largest absolute Gasteiger partial charge is 0.506 e. The van der Waals surface area contributed by atoms with Gasteiger partial charge in [0.15, 0.2) is 0 Å². The molecule has 0 spiro atoms. The van der Waals surface area contributed by atoms with Gasteiger partial charge < -0.3 is 10.2 Å². The second-order valence-electron chi connectivity index (χ2n) is 5.63. The van der Waals surface area contributed by atoms with Gasteiger partial charge in [0.1, 0.15) is 5.75 Å². The molecule has 4 nitrogen and oxygen atoms in total. The quantitative estimate of drug-likeness (QED) is 0.867. The molecule has 1 rings (SSSR count). The molecule has 1 aromatic carbocycles. The van der Waals surface area contributed by atoms with Crippen LogP contribution in [-0.2, 0) is 11.3 Å². The van der Waals surface area contributed by atoms with Crippen molar-refractivity contribution in [3.63, 3.8) is 0 Å². The maximum absolute atomic E-state index is 10.7. The lowest BCUT2D eigenvalue weighted by molar-refractivity contribution is -0.137. The lowest BCUT2D eigenvalue weighted by Gasteiger charge is -2.35. The Morgan fingerprint density at radius 3 is 2.40 bits per heavy atom. The number of rotatable bonds is 5. The molecule has 2 N–H and O–H groups in total. The molecular weight excluding hydrogens is 301 g/mol. The predicted molar refractivity (Wildman–Crippen MR) is 80.5 cm³/mol. The molecule has 0 heterocycles. The van der Waals surface area contributed by atoms with E-state index < -0.39 is 5.97 Å². The van der Waals surface area contributed by atoms with Crippen molar-refractivity contribution in [3.05, 3.63) is 27.7 Å². The molecule has 0 saturated carbocycles. The van der Waals surface area contributed by atoms with E-state index in [-0.39, 0.29) is 22.7 Å². The summed E-state index contributed by atoms with van der Waals surface area (Å²) < 4.78 is 0. The molecule has 0 saturated heterocycles. The van der Waals surface area contributed by atoms with E-state index in [0.29, 0.717) is 23.7 Å². The fourth-order valence-corrected chi connectivity index (χ4v) is 2.36. The van der Waals surface area contributed by atoms with Crippen molar-refractivity contribution in [1.82, 2.24) is 4.90 Å². The third-order valence-electron chi connectivity index (χ3n) is 3.01. The molecule has 0 amide bonds. The van der Waals surface area contributed by atoms with Crippen molar-refractivity contribution in [3.8, 4) is 5.75 Å². The van der Waals surface area contributed by atoms with Gasteiger partial charge in [-0.2, -0.15) is 0 Å². The zero-order valence-electron chi connectivity index (χ0n) is 11.8. The second-order valence-corrected chi connectivity index (χ2v) is 6.48. The first-order valence-corrected chi connectivity index (χ1v) is 7.00. The molecule has 0 fully saturated rings. The molecule has 6 heteroatoms. The van der Waals surface area contributed by atoms with Crippen molar-refractivity contribution < 1.29 is 15.0 Å². The molecule has 1 aromatic rings. The van der Waals surface area contributed by atoms with Gasteiger partial charge in [0.25, 0.3) is 0 Å². The minimum absolute atomic E-state index is 0.0133. The number of hydrogen-bond donors (Lipinski definition) is 2. The van der Waals surface area contributed by atoms with Crippen LogP contribution in [0.2, 0.25) is 10.0 Å². The zero-order valence-corrected chi connectivity index (χ0v) is 13.3. The highest BCUT2D eigenvalue weighted by Gasteiger charge is 2.23. The molecule has 0 aliphatic carbocycles. The molecule has 20 heavy (non-hydrogen) atoms. The Hall–Kier alpha value is -0.970. The molecule has 0 radical (unpaired) electrons. The number of benzene rings is 1. The lowest BCUT2D eigenvalue weighted by atomic mass is 10.0. The first-order valence-electron chi connectivity index (χ1n) is 6.25. The molecule has 0 atom stereocenters. The fraction of sp³-hybridized carbons (Fsp3) is 0.500. The molecule has 0 aliphatic rings. The Labute approximate surface area is 128 Å². The van der Waals surface area contributed by atoms with Crippen molar-refractivity contribution in [1.29, 1.82) is 0 Å². The van der Waals surface area contributed by atoms with Crippen LogP contribution >= 0.6 is 23.2 Å². The van der Waals surface area contributed by atoms with Crippen LogP contribution < -0.4 is 0 Å². The number of carbonyl (C=O) groups is 1. The van der Waals surface area contributed by atoms with E-state index in [1.54, 1.807) is 6.07 Å². The van der Waals surface area contributed by atoms with Crippen LogP contribution in [0.1, 0.15) is 32.8 Å². The normalized spacial score (nSPS) is 11.9. The Morgan fingerprint density at radius 2 is 1.90 bits per heavy atom. The van der Waals surface area contributed by atoms with E-state index >= 15 is 0 Å². The molecule has 0 aliphatic heterocycles. The summed E-state index contributed by atoms with van der Waals surface area (Å²) in [7, 11) is 0. The van der Waals surface area contributed by atoms with Gasteiger partial charge in [-0.1, -0.05) is 23.2 Å². The SMILES string of the molecule is CC(C)(C)N(CCC(=O)O)Cc1cc(Cl)cc(Cl)c1O. The summed E-state index contributed by atoms with van der Waals surface area (Å²) in [5.74, 6) is -0.867. The highest BCUT2D eigenvalue weighted by Crippen LogP contribution is 2.33. The summed E-state index contributed by atoms with van der Waals surface area (Å²) in [6, 6.07) is 3.11. The Balaban J connectivity index is 2.98.